The number of primary amides is 1. The fraction of sp³-hybridized carbons (Fsp3) is 0.604. The standard InChI is InChI=1S/C48H74N12O15S/c1-24(2)38(45(71)54-31(48(74)75)16-19-76-4)58-43(69)33(21-36(51)63)56-44(70)35-13-9-18-60(35)47(73)34(23-61)57-46(72)39(25(3)62)59-42(68)32(20-26-22-52-29-12-6-5-10-27(26)29)55-41(67)30(14-15-37(64)65)53-40(66)28(50)11-7-8-17-49/h5-6,10,12,22,24-25,28,30-35,38-39,52,61-62H,7-9,11,13-21,23,49-50H2,1-4H3,(H2,51,63)(H,53,66)(H,54,71)(H,55,67)(H,56,70)(H,57,72)(H,58,69)(H,59,68)(H,64,65)(H,74,75)/t25-,28+,30+,31+,32+,33+,34+,35+,38+,39+/m1/s1. The summed E-state index contributed by atoms with van der Waals surface area (Å²) in [4.78, 5) is 150. The lowest BCUT2D eigenvalue weighted by Gasteiger charge is -2.31. The predicted molar refractivity (Wildman–Crippen MR) is 276 cm³/mol. The van der Waals surface area contributed by atoms with Crippen LogP contribution >= 0.6 is 11.8 Å². The highest BCUT2D eigenvalue weighted by Gasteiger charge is 2.41. The lowest BCUT2D eigenvalue weighted by molar-refractivity contribution is -0.144. The first-order chi connectivity index (χ1) is 35.9. The number of nitrogens with one attached hydrogen (secondary N) is 8. The van der Waals surface area contributed by atoms with Crippen molar-refractivity contribution in [2.75, 3.05) is 31.7 Å². The Labute approximate surface area is 443 Å². The molecule has 27 nitrogen and oxygen atoms in total. The normalized spacial score (nSPS) is 16.9. The van der Waals surface area contributed by atoms with Crippen LogP contribution in [0.4, 0.5) is 0 Å². The highest BCUT2D eigenvalue weighted by atomic mass is 32.2. The molecule has 9 amide bonds. The number of aliphatic hydroxyl groups excluding tert-OH is 2. The molecule has 10 atom stereocenters. The van der Waals surface area contributed by atoms with Crippen molar-refractivity contribution in [3.8, 4) is 0 Å². The molecule has 3 rings (SSSR count). The van der Waals surface area contributed by atoms with Crippen molar-refractivity contribution in [3.05, 3.63) is 36.0 Å². The van der Waals surface area contributed by atoms with Crippen LogP contribution < -0.4 is 54.4 Å². The molecule has 1 aliphatic heterocycles. The summed E-state index contributed by atoms with van der Waals surface area (Å²) in [5, 5.41) is 58.0. The van der Waals surface area contributed by atoms with E-state index in [1.54, 1.807) is 50.6 Å². The number of thioether (sulfide) groups is 1. The second kappa shape index (κ2) is 31.2. The highest BCUT2D eigenvalue weighted by molar-refractivity contribution is 7.98. The summed E-state index contributed by atoms with van der Waals surface area (Å²) in [6.07, 6.45) is 1.27. The van der Waals surface area contributed by atoms with E-state index in [0.29, 0.717) is 41.6 Å². The van der Waals surface area contributed by atoms with Gasteiger partial charge in [-0.2, -0.15) is 11.8 Å². The van der Waals surface area contributed by atoms with Gasteiger partial charge in [0.25, 0.3) is 0 Å². The number of rotatable bonds is 33. The van der Waals surface area contributed by atoms with Crippen molar-refractivity contribution in [1.29, 1.82) is 0 Å². The van der Waals surface area contributed by atoms with Gasteiger partial charge in [0.05, 0.1) is 25.2 Å². The lowest BCUT2D eigenvalue weighted by atomic mass is 10.0. The number of nitrogens with zero attached hydrogens (tertiary/aromatic N) is 1. The van der Waals surface area contributed by atoms with E-state index < -0.39 is 157 Å². The Morgan fingerprint density at radius 2 is 1.36 bits per heavy atom. The number of hydrogen-bond acceptors (Lipinski definition) is 16. The first-order valence-electron chi connectivity index (χ1n) is 24.9. The third kappa shape index (κ3) is 19.4. The van der Waals surface area contributed by atoms with Crippen LogP contribution in [0.25, 0.3) is 10.9 Å². The summed E-state index contributed by atoms with van der Waals surface area (Å²) >= 11 is 1.36. The SMILES string of the molecule is CSCC[C@H](NC(=O)[C@@H](NC(=O)[C@H](CC(N)=O)NC(=O)[C@@H]1CCCN1C(=O)[C@H](CO)NC(=O)[C@@H](NC(=O)[C@H](Cc1c[nH]c2ccccc12)NC(=O)[C@H](CCC(=O)O)NC(=O)[C@@H](N)CCCCN)[C@@H](C)O)C(C)C)C(=O)O. The van der Waals surface area contributed by atoms with Crippen LogP contribution in [-0.2, 0) is 59.2 Å². The van der Waals surface area contributed by atoms with Gasteiger partial charge in [-0.1, -0.05) is 38.5 Å². The molecule has 76 heavy (non-hydrogen) atoms. The minimum Gasteiger partial charge on any atom is -0.481 e. The minimum atomic E-state index is -1.86. The summed E-state index contributed by atoms with van der Waals surface area (Å²) in [5.74, 6) is -11.6. The number of hydrogen-bond donors (Lipinski definition) is 15. The maximum atomic E-state index is 14.3. The van der Waals surface area contributed by atoms with Gasteiger partial charge in [0.1, 0.15) is 48.3 Å². The van der Waals surface area contributed by atoms with Gasteiger partial charge in [-0.15, -0.1) is 0 Å². The highest BCUT2D eigenvalue weighted by Crippen LogP contribution is 2.21. The number of aliphatic carboxylic acids is 2. The van der Waals surface area contributed by atoms with Gasteiger partial charge in [0, 0.05) is 36.5 Å². The number of amides is 9. The number of H-pyrrole nitrogens is 1. The van der Waals surface area contributed by atoms with Crippen LogP contribution in [0.15, 0.2) is 30.5 Å². The fourth-order valence-electron chi connectivity index (χ4n) is 8.29. The number of unbranched alkanes of at least 4 members (excludes halogenated alkanes) is 1. The van der Waals surface area contributed by atoms with Gasteiger partial charge in [-0.3, -0.25) is 47.9 Å². The Morgan fingerprint density at radius 1 is 0.750 bits per heavy atom. The third-order valence-electron chi connectivity index (χ3n) is 12.5. The monoisotopic (exact) mass is 1090 g/mol. The number of aliphatic hydroxyl groups is 2. The second-order valence-corrected chi connectivity index (χ2v) is 19.8. The molecular weight excluding hydrogens is 1020 g/mol. The molecule has 2 aromatic rings. The largest absolute Gasteiger partial charge is 0.481 e. The quantitative estimate of drug-likeness (QED) is 0.0304. The Hall–Kier alpha value is -6.88. The number of aromatic nitrogens is 1. The summed E-state index contributed by atoms with van der Waals surface area (Å²) in [6.45, 7) is 3.49. The zero-order chi connectivity index (χ0) is 56.8. The van der Waals surface area contributed by atoms with Crippen molar-refractivity contribution < 1.29 is 73.2 Å². The van der Waals surface area contributed by atoms with Gasteiger partial charge in [-0.25, -0.2) is 4.79 Å². The number of carboxylic acids is 2. The lowest BCUT2D eigenvalue weighted by Crippen LogP contribution is -2.62. The molecule has 1 aliphatic rings. The number of benzene rings is 1. The van der Waals surface area contributed by atoms with Gasteiger partial charge in [0.15, 0.2) is 0 Å². The number of likely N-dealkylation sites (tertiary alicyclic amines) is 1. The van der Waals surface area contributed by atoms with Crippen molar-refractivity contribution in [3.63, 3.8) is 0 Å². The predicted octanol–water partition coefficient (Wildman–Crippen LogP) is -3.84. The topological polar surface area (TPSA) is 450 Å². The summed E-state index contributed by atoms with van der Waals surface area (Å²) in [7, 11) is 0. The van der Waals surface area contributed by atoms with Crippen LogP contribution in [0.1, 0.15) is 84.1 Å². The molecule has 0 saturated carbocycles. The molecule has 2 heterocycles. The van der Waals surface area contributed by atoms with E-state index in [2.05, 4.69) is 42.2 Å². The van der Waals surface area contributed by atoms with E-state index in [0.717, 1.165) is 11.8 Å². The molecule has 1 saturated heterocycles. The number of para-hydroxylation sites is 1. The van der Waals surface area contributed by atoms with Crippen LogP contribution in [-0.4, -0.2) is 188 Å². The van der Waals surface area contributed by atoms with Gasteiger partial charge in [-0.05, 0) is 81.5 Å². The van der Waals surface area contributed by atoms with Crippen molar-refractivity contribution in [2.24, 2.45) is 23.1 Å². The molecule has 0 radical (unpaired) electrons. The number of fused-ring (bicyclic) bond motifs is 1. The zero-order valence-electron chi connectivity index (χ0n) is 43.0. The Kier molecular flexibility index (Phi) is 26.1. The molecule has 1 aromatic heterocycles. The van der Waals surface area contributed by atoms with Crippen molar-refractivity contribution in [2.45, 2.75) is 145 Å². The number of carbonyl (C=O) groups excluding carboxylic acids is 9. The van der Waals surface area contributed by atoms with E-state index in [1.807, 2.05) is 0 Å². The third-order valence-corrected chi connectivity index (χ3v) is 13.2. The van der Waals surface area contributed by atoms with Crippen molar-refractivity contribution >= 4 is 87.8 Å². The van der Waals surface area contributed by atoms with E-state index in [4.69, 9.17) is 17.2 Å². The Morgan fingerprint density at radius 3 is 1.96 bits per heavy atom. The van der Waals surface area contributed by atoms with Crippen LogP contribution in [0.2, 0.25) is 0 Å². The molecule has 28 heteroatoms. The first-order valence-corrected chi connectivity index (χ1v) is 26.3. The average molecular weight is 1090 g/mol. The van der Waals surface area contributed by atoms with Gasteiger partial charge < -0.3 is 84.7 Å². The number of carboxylic acid groups (broad SMARTS) is 2. The maximum Gasteiger partial charge on any atom is 0.326 e. The van der Waals surface area contributed by atoms with Crippen LogP contribution in [0, 0.1) is 5.92 Å². The van der Waals surface area contributed by atoms with Crippen LogP contribution in [0.5, 0.6) is 0 Å². The molecular formula is C48H74N12O15S. The van der Waals surface area contributed by atoms with Gasteiger partial charge >= 0.3 is 11.9 Å². The summed E-state index contributed by atoms with van der Waals surface area (Å²) in [6, 6.07) is -6.41. The molecule has 1 aromatic carbocycles. The maximum absolute atomic E-state index is 14.3. The Balaban J connectivity index is 1.84. The second-order valence-electron chi connectivity index (χ2n) is 18.8. The first kappa shape index (κ1) is 63.4. The fourth-order valence-corrected chi connectivity index (χ4v) is 8.76. The molecule has 0 bridgehead atoms. The zero-order valence-corrected chi connectivity index (χ0v) is 43.8. The summed E-state index contributed by atoms with van der Waals surface area (Å²) < 4.78 is 0. The Bertz CT molecular complexity index is 2370. The molecule has 18 N–H and O–H groups in total. The average Bonchev–Trinajstić information content (AvgIpc) is 4.03. The van der Waals surface area contributed by atoms with E-state index >= 15 is 0 Å². The summed E-state index contributed by atoms with van der Waals surface area (Å²) in [5.41, 5.74) is 18.2. The molecule has 0 unspecified atom stereocenters. The van der Waals surface area contributed by atoms with E-state index in [9.17, 15) is 73.2 Å². The van der Waals surface area contributed by atoms with Crippen molar-refractivity contribution in [1.82, 2.24) is 47.1 Å². The minimum absolute atomic E-state index is 0.0105. The molecule has 422 valence electrons. The van der Waals surface area contributed by atoms with E-state index in [-0.39, 0.29) is 38.6 Å². The smallest absolute Gasteiger partial charge is 0.326 e. The number of nitrogens with two attached hydrogens (primary N) is 3. The van der Waals surface area contributed by atoms with Crippen LogP contribution in [0.3, 0.4) is 0 Å². The molecule has 0 aliphatic carbocycles. The van der Waals surface area contributed by atoms with E-state index in [1.165, 1.54) is 11.8 Å². The molecule has 0 spiro atoms. The number of carbonyl (C=O) groups is 11. The molecule has 1 fully saturated rings. The number of aromatic amines is 1. The van der Waals surface area contributed by atoms with Gasteiger partial charge in [0.2, 0.25) is 53.2 Å².